The van der Waals surface area contributed by atoms with Gasteiger partial charge in [0.05, 0.1) is 6.61 Å². The van der Waals surface area contributed by atoms with Gasteiger partial charge in [0.2, 0.25) is 0 Å². The third-order valence-corrected chi connectivity index (χ3v) is 5.56. The molecule has 20 heavy (non-hydrogen) atoms. The minimum Gasteiger partial charge on any atom is -0.381 e. The molecule has 3 heteroatoms. The van der Waals surface area contributed by atoms with Crippen LogP contribution in [-0.2, 0) is 4.74 Å². The summed E-state index contributed by atoms with van der Waals surface area (Å²) >= 11 is 0. The molecule has 1 N–H and O–H groups in total. The number of ether oxygens (including phenoxy) is 1. The molecule has 0 aromatic carbocycles. The molecule has 2 aliphatic carbocycles. The maximum absolute atomic E-state index is 5.76. The molecule has 1 aliphatic heterocycles. The van der Waals surface area contributed by atoms with Crippen molar-refractivity contribution in [2.24, 2.45) is 5.41 Å². The summed E-state index contributed by atoms with van der Waals surface area (Å²) < 4.78 is 5.76. The SMILES string of the molecule is CN(CC1(CNC2CC2)CCOC1)C1CCCCCC1. The second kappa shape index (κ2) is 6.76. The minimum absolute atomic E-state index is 0.379. The maximum atomic E-state index is 5.76. The number of nitrogens with zero attached hydrogens (tertiary/aromatic N) is 1. The van der Waals surface area contributed by atoms with Crippen LogP contribution in [0, 0.1) is 5.41 Å². The van der Waals surface area contributed by atoms with Gasteiger partial charge < -0.3 is 15.0 Å². The molecule has 3 nitrogen and oxygen atoms in total. The quantitative estimate of drug-likeness (QED) is 0.757. The molecule has 3 fully saturated rings. The van der Waals surface area contributed by atoms with Gasteiger partial charge in [0.1, 0.15) is 0 Å². The number of rotatable bonds is 6. The van der Waals surface area contributed by atoms with E-state index in [0.717, 1.165) is 31.8 Å². The molecule has 0 spiro atoms. The third-order valence-electron chi connectivity index (χ3n) is 5.56. The summed E-state index contributed by atoms with van der Waals surface area (Å²) in [5, 5.41) is 3.75. The van der Waals surface area contributed by atoms with Crippen molar-refractivity contribution in [3.05, 3.63) is 0 Å². The van der Waals surface area contributed by atoms with Crippen molar-refractivity contribution in [1.82, 2.24) is 10.2 Å². The van der Waals surface area contributed by atoms with Crippen LogP contribution in [0.25, 0.3) is 0 Å². The van der Waals surface area contributed by atoms with Crippen LogP contribution in [0.4, 0.5) is 0 Å². The van der Waals surface area contributed by atoms with E-state index in [9.17, 15) is 0 Å². The zero-order valence-corrected chi connectivity index (χ0v) is 13.2. The molecule has 0 aromatic rings. The first kappa shape index (κ1) is 14.8. The van der Waals surface area contributed by atoms with Crippen molar-refractivity contribution < 1.29 is 4.74 Å². The highest BCUT2D eigenvalue weighted by Crippen LogP contribution is 2.32. The van der Waals surface area contributed by atoms with E-state index in [2.05, 4.69) is 17.3 Å². The smallest absolute Gasteiger partial charge is 0.0547 e. The highest BCUT2D eigenvalue weighted by Gasteiger charge is 2.38. The Morgan fingerprint density at radius 3 is 2.45 bits per heavy atom. The summed E-state index contributed by atoms with van der Waals surface area (Å²) in [7, 11) is 2.35. The lowest BCUT2D eigenvalue weighted by atomic mass is 9.85. The van der Waals surface area contributed by atoms with E-state index >= 15 is 0 Å². The molecule has 0 radical (unpaired) electrons. The zero-order chi connectivity index (χ0) is 13.8. The molecule has 1 unspecified atom stereocenters. The second-order valence-corrected chi connectivity index (χ2v) is 7.52. The fourth-order valence-corrected chi connectivity index (χ4v) is 3.97. The molecular weight excluding hydrogens is 248 g/mol. The predicted octanol–water partition coefficient (Wildman–Crippen LogP) is 2.80. The van der Waals surface area contributed by atoms with Crippen LogP contribution < -0.4 is 5.32 Å². The minimum atomic E-state index is 0.379. The van der Waals surface area contributed by atoms with Gasteiger partial charge in [-0.15, -0.1) is 0 Å². The van der Waals surface area contributed by atoms with Crippen LogP contribution in [0.1, 0.15) is 57.8 Å². The number of hydrogen-bond donors (Lipinski definition) is 1. The topological polar surface area (TPSA) is 24.5 Å². The van der Waals surface area contributed by atoms with E-state index in [4.69, 9.17) is 4.74 Å². The van der Waals surface area contributed by atoms with Gasteiger partial charge in [-0.3, -0.25) is 0 Å². The summed E-state index contributed by atoms with van der Waals surface area (Å²) in [6.45, 7) is 4.31. The zero-order valence-electron chi connectivity index (χ0n) is 13.2. The van der Waals surface area contributed by atoms with Crippen molar-refractivity contribution in [3.63, 3.8) is 0 Å². The fourth-order valence-electron chi connectivity index (χ4n) is 3.97. The normalized spacial score (nSPS) is 32.7. The molecule has 0 bridgehead atoms. The van der Waals surface area contributed by atoms with E-state index < -0.39 is 0 Å². The number of nitrogens with one attached hydrogen (secondary N) is 1. The van der Waals surface area contributed by atoms with Crippen LogP contribution in [0.3, 0.4) is 0 Å². The Balaban J connectivity index is 1.53. The van der Waals surface area contributed by atoms with Crippen LogP contribution in [0.15, 0.2) is 0 Å². The molecule has 0 aromatic heterocycles. The van der Waals surface area contributed by atoms with E-state index in [0.29, 0.717) is 5.41 Å². The largest absolute Gasteiger partial charge is 0.381 e. The first-order valence-corrected chi connectivity index (χ1v) is 8.79. The Kier molecular flexibility index (Phi) is 5.00. The van der Waals surface area contributed by atoms with Crippen molar-refractivity contribution in [2.75, 3.05) is 33.4 Å². The lowest BCUT2D eigenvalue weighted by Crippen LogP contribution is -2.47. The second-order valence-electron chi connectivity index (χ2n) is 7.52. The average Bonchev–Trinajstić information content (AvgIpc) is 3.22. The summed E-state index contributed by atoms with van der Waals surface area (Å²) in [6, 6.07) is 1.63. The molecular formula is C17H32N2O. The van der Waals surface area contributed by atoms with Gasteiger partial charge in [0, 0.05) is 37.2 Å². The van der Waals surface area contributed by atoms with Crippen LogP contribution in [0.2, 0.25) is 0 Å². The molecule has 1 heterocycles. The van der Waals surface area contributed by atoms with Crippen molar-refractivity contribution in [1.29, 1.82) is 0 Å². The average molecular weight is 280 g/mol. The highest BCUT2D eigenvalue weighted by atomic mass is 16.5. The first-order chi connectivity index (χ1) is 9.77. The number of hydrogen-bond acceptors (Lipinski definition) is 3. The molecule has 3 rings (SSSR count). The monoisotopic (exact) mass is 280 g/mol. The van der Waals surface area contributed by atoms with E-state index in [1.807, 2.05) is 0 Å². The van der Waals surface area contributed by atoms with Crippen LogP contribution in [-0.4, -0.2) is 50.3 Å². The van der Waals surface area contributed by atoms with Crippen molar-refractivity contribution in [2.45, 2.75) is 69.9 Å². The van der Waals surface area contributed by atoms with Gasteiger partial charge in [-0.05, 0) is 39.2 Å². The highest BCUT2D eigenvalue weighted by molar-refractivity contribution is 4.92. The van der Waals surface area contributed by atoms with Gasteiger partial charge in [-0.1, -0.05) is 25.7 Å². The molecule has 0 amide bonds. The Morgan fingerprint density at radius 1 is 1.10 bits per heavy atom. The Hall–Kier alpha value is -0.120. The summed E-state index contributed by atoms with van der Waals surface area (Å²) in [5.74, 6) is 0. The molecule has 2 saturated carbocycles. The van der Waals surface area contributed by atoms with Crippen LogP contribution in [0.5, 0.6) is 0 Å². The first-order valence-electron chi connectivity index (χ1n) is 8.79. The lowest BCUT2D eigenvalue weighted by molar-refractivity contribution is 0.0957. The van der Waals surface area contributed by atoms with E-state index in [1.165, 1.54) is 64.3 Å². The Labute approximate surface area is 124 Å². The van der Waals surface area contributed by atoms with Gasteiger partial charge in [0.25, 0.3) is 0 Å². The fraction of sp³-hybridized carbons (Fsp3) is 1.00. The summed E-state index contributed by atoms with van der Waals surface area (Å²) in [5.41, 5.74) is 0.379. The standard InChI is InChI=1S/C17H32N2O/c1-19(16-6-4-2-3-5-7-16)13-17(10-11-20-14-17)12-18-15-8-9-15/h15-16,18H,2-14H2,1H3. The Bertz CT molecular complexity index is 289. The van der Waals surface area contributed by atoms with Crippen molar-refractivity contribution in [3.8, 4) is 0 Å². The molecule has 1 saturated heterocycles. The van der Waals surface area contributed by atoms with E-state index in [1.54, 1.807) is 0 Å². The van der Waals surface area contributed by atoms with Gasteiger partial charge in [0.15, 0.2) is 0 Å². The summed E-state index contributed by atoms with van der Waals surface area (Å²) in [6.07, 6.45) is 12.6. The van der Waals surface area contributed by atoms with Gasteiger partial charge in [-0.2, -0.15) is 0 Å². The lowest BCUT2D eigenvalue weighted by Gasteiger charge is -2.36. The van der Waals surface area contributed by atoms with Gasteiger partial charge >= 0.3 is 0 Å². The molecule has 116 valence electrons. The van der Waals surface area contributed by atoms with Crippen molar-refractivity contribution >= 4 is 0 Å². The third kappa shape index (κ3) is 3.96. The Morgan fingerprint density at radius 2 is 1.85 bits per heavy atom. The van der Waals surface area contributed by atoms with Crippen LogP contribution >= 0.6 is 0 Å². The van der Waals surface area contributed by atoms with Gasteiger partial charge in [-0.25, -0.2) is 0 Å². The maximum Gasteiger partial charge on any atom is 0.0547 e. The molecule has 3 aliphatic rings. The molecule has 1 atom stereocenters. The predicted molar refractivity (Wildman–Crippen MR) is 83.0 cm³/mol. The van der Waals surface area contributed by atoms with E-state index in [-0.39, 0.29) is 0 Å². The summed E-state index contributed by atoms with van der Waals surface area (Å²) in [4.78, 5) is 2.66.